The normalized spacial score (nSPS) is 16.1. The number of unbranched alkanes of at least 4 members (excludes halogenated alkanes) is 2. The highest BCUT2D eigenvalue weighted by atomic mass is 35.5. The summed E-state index contributed by atoms with van der Waals surface area (Å²) in [6.07, 6.45) is 3.66. The minimum Gasteiger partial charge on any atom is -0.337 e. The van der Waals surface area contributed by atoms with Crippen LogP contribution in [0, 0.1) is 0 Å². The van der Waals surface area contributed by atoms with Gasteiger partial charge in [-0.3, -0.25) is 18.9 Å². The standard InChI is InChI=1S/C18H22ClN7O3S/c1-2-3-7-25-14-13(22-17(19)23-14)16(27)26(18(25)28)8-5-4-6-12-21-15(29-24-12)11-9-30-10-20-11/h10-11H,2-9H2,1H3,(H,22,23). The molecule has 1 N–H and O–H groups in total. The fraction of sp³-hybridized carbons (Fsp3) is 0.556. The maximum absolute atomic E-state index is 12.9. The average Bonchev–Trinajstić information content (AvgIpc) is 3.47. The molecule has 30 heavy (non-hydrogen) atoms. The van der Waals surface area contributed by atoms with Gasteiger partial charge in [0.05, 0.1) is 5.55 Å². The summed E-state index contributed by atoms with van der Waals surface area (Å²) in [5.74, 6) is 1.96. The van der Waals surface area contributed by atoms with Crippen LogP contribution < -0.4 is 11.2 Å². The molecule has 4 heterocycles. The lowest BCUT2D eigenvalue weighted by Gasteiger charge is -2.10. The number of hydrogen-bond donors (Lipinski definition) is 1. The molecule has 1 atom stereocenters. The van der Waals surface area contributed by atoms with Gasteiger partial charge < -0.3 is 9.51 Å². The smallest absolute Gasteiger partial charge is 0.332 e. The second kappa shape index (κ2) is 9.17. The molecule has 3 aromatic heterocycles. The Morgan fingerprint density at radius 2 is 2.07 bits per heavy atom. The number of aryl methyl sites for hydroxylation is 2. The van der Waals surface area contributed by atoms with E-state index in [1.807, 2.05) is 6.92 Å². The molecule has 0 fully saturated rings. The molecule has 1 aliphatic heterocycles. The number of rotatable bonds is 9. The van der Waals surface area contributed by atoms with E-state index in [0.29, 0.717) is 49.7 Å². The van der Waals surface area contributed by atoms with Crippen molar-refractivity contribution in [2.45, 2.75) is 58.2 Å². The Labute approximate surface area is 180 Å². The van der Waals surface area contributed by atoms with Gasteiger partial charge in [-0.2, -0.15) is 9.97 Å². The summed E-state index contributed by atoms with van der Waals surface area (Å²) in [6, 6.07) is -0.0654. The fourth-order valence-corrected chi connectivity index (χ4v) is 4.24. The van der Waals surface area contributed by atoms with Crippen LogP contribution in [0.25, 0.3) is 11.2 Å². The topological polar surface area (TPSA) is 124 Å². The average molecular weight is 452 g/mol. The summed E-state index contributed by atoms with van der Waals surface area (Å²) in [5.41, 5.74) is 1.60. The van der Waals surface area contributed by atoms with Gasteiger partial charge in [0.15, 0.2) is 17.0 Å². The van der Waals surface area contributed by atoms with Gasteiger partial charge in [-0.05, 0) is 30.9 Å². The van der Waals surface area contributed by atoms with Crippen LogP contribution in [-0.4, -0.2) is 40.5 Å². The van der Waals surface area contributed by atoms with Crippen molar-refractivity contribution in [1.29, 1.82) is 0 Å². The molecule has 0 saturated carbocycles. The van der Waals surface area contributed by atoms with Crippen LogP contribution in [0.5, 0.6) is 0 Å². The number of H-pyrrole nitrogens is 1. The molecule has 0 aromatic carbocycles. The molecule has 0 amide bonds. The van der Waals surface area contributed by atoms with Gasteiger partial charge in [0, 0.05) is 25.3 Å². The maximum atomic E-state index is 12.9. The Hall–Kier alpha value is -2.40. The van der Waals surface area contributed by atoms with E-state index in [9.17, 15) is 9.59 Å². The molecular weight excluding hydrogens is 430 g/mol. The van der Waals surface area contributed by atoms with Crippen LogP contribution in [0.4, 0.5) is 0 Å². The third kappa shape index (κ3) is 4.22. The lowest BCUT2D eigenvalue weighted by Crippen LogP contribution is -2.40. The number of aliphatic imine (C=N–C) groups is 1. The van der Waals surface area contributed by atoms with Gasteiger partial charge >= 0.3 is 5.69 Å². The van der Waals surface area contributed by atoms with E-state index in [1.165, 1.54) is 9.13 Å². The zero-order chi connectivity index (χ0) is 21.1. The van der Waals surface area contributed by atoms with Crippen molar-refractivity contribution in [1.82, 2.24) is 29.2 Å². The predicted molar refractivity (Wildman–Crippen MR) is 115 cm³/mol. The molecule has 0 aliphatic carbocycles. The van der Waals surface area contributed by atoms with E-state index in [0.717, 1.165) is 18.6 Å². The lowest BCUT2D eigenvalue weighted by molar-refractivity contribution is 0.359. The van der Waals surface area contributed by atoms with E-state index in [4.69, 9.17) is 16.1 Å². The number of nitrogens with zero attached hydrogens (tertiary/aromatic N) is 6. The van der Waals surface area contributed by atoms with Gasteiger partial charge in [0.1, 0.15) is 6.04 Å². The number of nitrogens with one attached hydrogen (secondary N) is 1. The van der Waals surface area contributed by atoms with Crippen molar-refractivity contribution in [3.8, 4) is 0 Å². The molecule has 0 spiro atoms. The van der Waals surface area contributed by atoms with E-state index < -0.39 is 5.56 Å². The Balaban J connectivity index is 1.45. The summed E-state index contributed by atoms with van der Waals surface area (Å²) in [5, 5.41) is 4.10. The van der Waals surface area contributed by atoms with Gasteiger partial charge in [-0.15, -0.1) is 11.8 Å². The molecular formula is C18H22ClN7O3S. The van der Waals surface area contributed by atoms with E-state index in [-0.39, 0.29) is 22.5 Å². The number of thioether (sulfide) groups is 1. The van der Waals surface area contributed by atoms with Crippen molar-refractivity contribution in [2.24, 2.45) is 4.99 Å². The van der Waals surface area contributed by atoms with Crippen molar-refractivity contribution in [3.05, 3.63) is 37.8 Å². The molecule has 0 radical (unpaired) electrons. The van der Waals surface area contributed by atoms with Crippen LogP contribution in [0.1, 0.15) is 50.4 Å². The summed E-state index contributed by atoms with van der Waals surface area (Å²) < 4.78 is 8.06. The van der Waals surface area contributed by atoms with E-state index in [1.54, 1.807) is 17.3 Å². The largest absolute Gasteiger partial charge is 0.337 e. The first kappa shape index (κ1) is 20.9. The number of aromatic amines is 1. The summed E-state index contributed by atoms with van der Waals surface area (Å²) >= 11 is 7.56. The minimum atomic E-state index is -0.402. The number of hydrogen-bond acceptors (Lipinski definition) is 8. The molecule has 160 valence electrons. The van der Waals surface area contributed by atoms with Crippen LogP contribution >= 0.6 is 23.4 Å². The Bertz CT molecular complexity index is 1180. The summed E-state index contributed by atoms with van der Waals surface area (Å²) in [4.78, 5) is 41.2. The Kier molecular flexibility index (Phi) is 6.38. The highest BCUT2D eigenvalue weighted by Gasteiger charge is 2.21. The zero-order valence-electron chi connectivity index (χ0n) is 16.5. The second-order valence-electron chi connectivity index (χ2n) is 7.08. The first-order valence-electron chi connectivity index (χ1n) is 9.93. The highest BCUT2D eigenvalue weighted by Crippen LogP contribution is 2.25. The monoisotopic (exact) mass is 451 g/mol. The van der Waals surface area contributed by atoms with Gasteiger partial charge in [0.25, 0.3) is 11.4 Å². The van der Waals surface area contributed by atoms with E-state index in [2.05, 4.69) is 25.1 Å². The van der Waals surface area contributed by atoms with Crippen LogP contribution in [0.3, 0.4) is 0 Å². The van der Waals surface area contributed by atoms with Crippen LogP contribution in [0.2, 0.25) is 5.28 Å². The van der Waals surface area contributed by atoms with Crippen LogP contribution in [-0.2, 0) is 19.5 Å². The molecule has 4 rings (SSSR count). The van der Waals surface area contributed by atoms with Gasteiger partial charge in [-0.1, -0.05) is 18.5 Å². The van der Waals surface area contributed by atoms with Crippen molar-refractivity contribution >= 4 is 40.1 Å². The molecule has 10 nitrogen and oxygen atoms in total. The third-order valence-electron chi connectivity index (χ3n) is 4.94. The SMILES string of the molecule is CCCCn1c(=O)n(CCCCc2noc(C3CSC=N3)n2)c(=O)c2[nH]c(Cl)nc21. The minimum absolute atomic E-state index is 0.0654. The van der Waals surface area contributed by atoms with Gasteiger partial charge in [0.2, 0.25) is 5.28 Å². The van der Waals surface area contributed by atoms with Crippen molar-refractivity contribution < 1.29 is 4.52 Å². The second-order valence-corrected chi connectivity index (χ2v) is 8.32. The Morgan fingerprint density at radius 1 is 1.23 bits per heavy atom. The number of halogens is 1. The first-order chi connectivity index (χ1) is 14.6. The summed E-state index contributed by atoms with van der Waals surface area (Å²) in [7, 11) is 0. The molecule has 1 unspecified atom stereocenters. The number of aromatic nitrogens is 6. The van der Waals surface area contributed by atoms with Gasteiger partial charge in [-0.25, -0.2) is 4.79 Å². The Morgan fingerprint density at radius 3 is 2.83 bits per heavy atom. The highest BCUT2D eigenvalue weighted by molar-refractivity contribution is 8.12. The molecule has 12 heteroatoms. The zero-order valence-corrected chi connectivity index (χ0v) is 18.1. The quantitative estimate of drug-likeness (QED) is 0.391. The predicted octanol–water partition coefficient (Wildman–Crippen LogP) is 2.56. The molecule has 3 aromatic rings. The van der Waals surface area contributed by atoms with Crippen LogP contribution in [0.15, 0.2) is 19.1 Å². The van der Waals surface area contributed by atoms with E-state index >= 15 is 0 Å². The molecule has 0 saturated heterocycles. The molecule has 1 aliphatic rings. The first-order valence-corrected chi connectivity index (χ1v) is 11.4. The lowest BCUT2D eigenvalue weighted by atomic mass is 10.2. The molecule has 0 bridgehead atoms. The van der Waals surface area contributed by atoms with Crippen molar-refractivity contribution in [2.75, 3.05) is 5.75 Å². The summed E-state index contributed by atoms with van der Waals surface area (Å²) in [6.45, 7) is 2.82. The third-order valence-corrected chi connectivity index (χ3v) is 5.90. The maximum Gasteiger partial charge on any atom is 0.332 e. The number of imidazole rings is 1. The number of fused-ring (bicyclic) bond motifs is 1. The van der Waals surface area contributed by atoms with Crippen molar-refractivity contribution in [3.63, 3.8) is 0 Å². The fourth-order valence-electron chi connectivity index (χ4n) is 3.34.